The second kappa shape index (κ2) is 9.59. The zero-order valence-electron chi connectivity index (χ0n) is 17.5. The van der Waals surface area contributed by atoms with Crippen LogP contribution in [0.3, 0.4) is 0 Å². The molecule has 0 bridgehead atoms. The molecule has 6 nitrogen and oxygen atoms in total. The van der Waals surface area contributed by atoms with Gasteiger partial charge in [0.2, 0.25) is 11.8 Å². The molecule has 3 aliphatic heterocycles. The minimum Gasteiger partial charge on any atom is -0.356 e. The van der Waals surface area contributed by atoms with Crippen molar-refractivity contribution in [2.75, 3.05) is 44.2 Å². The Balaban J connectivity index is 1.36. The standard InChI is InChI=1S/C23H34N4O2/c28-22(25-13-5-1-2-6-14-25)20-10-8-16-27(18-20)23(29)19-9-7-15-26(17-19)21-11-3-4-12-24-21/h3-4,11-12,19-20H,1-2,5-10,13-18H2/t19-,20+/m0/s1. The monoisotopic (exact) mass is 398 g/mol. The molecule has 1 aromatic heterocycles. The van der Waals surface area contributed by atoms with Gasteiger partial charge in [-0.15, -0.1) is 0 Å². The average molecular weight is 399 g/mol. The normalized spacial score (nSPS) is 26.1. The number of anilines is 1. The van der Waals surface area contributed by atoms with E-state index < -0.39 is 0 Å². The van der Waals surface area contributed by atoms with Crippen LogP contribution < -0.4 is 4.90 Å². The van der Waals surface area contributed by atoms with E-state index >= 15 is 0 Å². The van der Waals surface area contributed by atoms with Crippen LogP contribution in [0.5, 0.6) is 0 Å². The number of nitrogens with zero attached hydrogens (tertiary/aromatic N) is 4. The molecular weight excluding hydrogens is 364 g/mol. The van der Waals surface area contributed by atoms with Crippen molar-refractivity contribution < 1.29 is 9.59 Å². The Labute approximate surface area is 174 Å². The van der Waals surface area contributed by atoms with E-state index in [1.165, 1.54) is 12.8 Å². The summed E-state index contributed by atoms with van der Waals surface area (Å²) < 4.78 is 0. The van der Waals surface area contributed by atoms with Crippen molar-refractivity contribution in [3.8, 4) is 0 Å². The van der Waals surface area contributed by atoms with Crippen LogP contribution in [0.15, 0.2) is 24.4 Å². The van der Waals surface area contributed by atoms with Crippen molar-refractivity contribution in [1.29, 1.82) is 0 Å². The van der Waals surface area contributed by atoms with Crippen molar-refractivity contribution in [2.45, 2.75) is 51.4 Å². The van der Waals surface area contributed by atoms with E-state index in [1.807, 2.05) is 29.3 Å². The molecule has 0 aromatic carbocycles. The highest BCUT2D eigenvalue weighted by atomic mass is 16.2. The molecule has 1 aromatic rings. The molecule has 0 N–H and O–H groups in total. The largest absolute Gasteiger partial charge is 0.356 e. The number of hydrogen-bond donors (Lipinski definition) is 0. The van der Waals surface area contributed by atoms with E-state index in [0.717, 1.165) is 77.1 Å². The lowest BCUT2D eigenvalue weighted by atomic mass is 9.92. The third-order valence-corrected chi connectivity index (χ3v) is 6.74. The number of amides is 2. The van der Waals surface area contributed by atoms with Gasteiger partial charge in [-0.2, -0.15) is 0 Å². The predicted molar refractivity (Wildman–Crippen MR) is 114 cm³/mol. The molecule has 0 aliphatic carbocycles. The maximum atomic E-state index is 13.3. The van der Waals surface area contributed by atoms with Crippen molar-refractivity contribution in [2.24, 2.45) is 11.8 Å². The molecule has 0 radical (unpaired) electrons. The summed E-state index contributed by atoms with van der Waals surface area (Å²) in [6.45, 7) is 4.88. The van der Waals surface area contributed by atoms with Gasteiger partial charge < -0.3 is 14.7 Å². The van der Waals surface area contributed by atoms with Gasteiger partial charge in [0, 0.05) is 45.5 Å². The fraction of sp³-hybridized carbons (Fsp3) is 0.696. The number of aromatic nitrogens is 1. The van der Waals surface area contributed by atoms with Gasteiger partial charge in [-0.3, -0.25) is 9.59 Å². The van der Waals surface area contributed by atoms with E-state index in [-0.39, 0.29) is 23.7 Å². The van der Waals surface area contributed by atoms with Crippen LogP contribution in [-0.4, -0.2) is 65.9 Å². The summed E-state index contributed by atoms with van der Waals surface area (Å²) in [6, 6.07) is 5.94. The summed E-state index contributed by atoms with van der Waals surface area (Å²) in [6.07, 6.45) is 10.3. The van der Waals surface area contributed by atoms with Gasteiger partial charge in [0.15, 0.2) is 0 Å². The summed E-state index contributed by atoms with van der Waals surface area (Å²) >= 11 is 0. The molecule has 2 atom stereocenters. The fourth-order valence-electron chi connectivity index (χ4n) is 5.11. The molecule has 158 valence electrons. The van der Waals surface area contributed by atoms with Gasteiger partial charge in [0.25, 0.3) is 0 Å². The van der Waals surface area contributed by atoms with E-state index in [4.69, 9.17) is 0 Å². The first kappa shape index (κ1) is 20.2. The quantitative estimate of drug-likeness (QED) is 0.786. The molecule has 0 unspecified atom stereocenters. The average Bonchev–Trinajstić information content (AvgIpc) is 3.08. The molecular formula is C23H34N4O2. The fourth-order valence-corrected chi connectivity index (χ4v) is 5.11. The highest BCUT2D eigenvalue weighted by molar-refractivity contribution is 5.83. The number of likely N-dealkylation sites (tertiary alicyclic amines) is 2. The number of carbonyl (C=O) groups excluding carboxylic acids is 2. The topological polar surface area (TPSA) is 56.8 Å². The van der Waals surface area contributed by atoms with Gasteiger partial charge in [-0.05, 0) is 50.7 Å². The second-order valence-corrected chi connectivity index (χ2v) is 8.84. The van der Waals surface area contributed by atoms with Crippen molar-refractivity contribution >= 4 is 17.6 Å². The summed E-state index contributed by atoms with van der Waals surface area (Å²) in [5, 5.41) is 0. The molecule has 4 heterocycles. The summed E-state index contributed by atoms with van der Waals surface area (Å²) in [5.41, 5.74) is 0. The first-order valence-corrected chi connectivity index (χ1v) is 11.5. The van der Waals surface area contributed by atoms with Crippen LogP contribution in [0.25, 0.3) is 0 Å². The van der Waals surface area contributed by atoms with Crippen LogP contribution in [0.4, 0.5) is 5.82 Å². The lowest BCUT2D eigenvalue weighted by Gasteiger charge is -2.39. The lowest BCUT2D eigenvalue weighted by Crippen LogP contribution is -2.51. The zero-order chi connectivity index (χ0) is 20.1. The minimum atomic E-state index is -0.0127. The Morgan fingerprint density at radius 1 is 0.759 bits per heavy atom. The van der Waals surface area contributed by atoms with Gasteiger partial charge in [-0.1, -0.05) is 18.9 Å². The summed E-state index contributed by atoms with van der Waals surface area (Å²) in [5.74, 6) is 1.47. The van der Waals surface area contributed by atoms with Gasteiger partial charge in [-0.25, -0.2) is 4.98 Å². The summed E-state index contributed by atoms with van der Waals surface area (Å²) in [4.78, 5) is 37.1. The summed E-state index contributed by atoms with van der Waals surface area (Å²) in [7, 11) is 0. The Kier molecular flexibility index (Phi) is 6.67. The minimum absolute atomic E-state index is 0.0118. The van der Waals surface area contributed by atoms with E-state index in [2.05, 4.69) is 14.8 Å². The SMILES string of the molecule is O=C([C@@H]1CCCN(C(=O)[C@H]2CCCN(c3ccccn3)C2)C1)N1CCCCCC1. The van der Waals surface area contributed by atoms with Gasteiger partial charge >= 0.3 is 0 Å². The lowest BCUT2D eigenvalue weighted by molar-refractivity contribution is -0.143. The molecule has 6 heteroatoms. The van der Waals surface area contributed by atoms with Crippen LogP contribution in [-0.2, 0) is 9.59 Å². The molecule has 4 rings (SSSR count). The van der Waals surface area contributed by atoms with Gasteiger partial charge in [0.05, 0.1) is 11.8 Å². The number of pyridine rings is 1. The van der Waals surface area contributed by atoms with Crippen LogP contribution in [0.2, 0.25) is 0 Å². The number of carbonyl (C=O) groups is 2. The predicted octanol–water partition coefficient (Wildman–Crippen LogP) is 2.94. The van der Waals surface area contributed by atoms with E-state index in [9.17, 15) is 9.59 Å². The highest BCUT2D eigenvalue weighted by Crippen LogP contribution is 2.26. The maximum Gasteiger partial charge on any atom is 0.227 e. The van der Waals surface area contributed by atoms with Crippen LogP contribution >= 0.6 is 0 Å². The first-order valence-electron chi connectivity index (χ1n) is 11.5. The Morgan fingerprint density at radius 3 is 2.14 bits per heavy atom. The zero-order valence-corrected chi connectivity index (χ0v) is 17.5. The Morgan fingerprint density at radius 2 is 1.41 bits per heavy atom. The van der Waals surface area contributed by atoms with E-state index in [1.54, 1.807) is 0 Å². The molecule has 0 saturated carbocycles. The highest BCUT2D eigenvalue weighted by Gasteiger charge is 2.35. The third kappa shape index (κ3) is 4.90. The Hall–Kier alpha value is -2.11. The van der Waals surface area contributed by atoms with Crippen molar-refractivity contribution in [3.05, 3.63) is 24.4 Å². The number of rotatable bonds is 3. The van der Waals surface area contributed by atoms with Crippen LogP contribution in [0, 0.1) is 11.8 Å². The van der Waals surface area contributed by atoms with Crippen LogP contribution in [0.1, 0.15) is 51.4 Å². The van der Waals surface area contributed by atoms with Gasteiger partial charge in [0.1, 0.15) is 5.82 Å². The maximum absolute atomic E-state index is 13.3. The molecule has 2 amide bonds. The van der Waals surface area contributed by atoms with Crippen molar-refractivity contribution in [3.63, 3.8) is 0 Å². The molecule has 3 saturated heterocycles. The molecule has 3 aliphatic rings. The first-order chi connectivity index (χ1) is 14.2. The number of hydrogen-bond acceptors (Lipinski definition) is 4. The Bertz CT molecular complexity index is 687. The molecule has 29 heavy (non-hydrogen) atoms. The van der Waals surface area contributed by atoms with E-state index in [0.29, 0.717) is 6.54 Å². The molecule has 3 fully saturated rings. The second-order valence-electron chi connectivity index (χ2n) is 8.84. The van der Waals surface area contributed by atoms with Crippen molar-refractivity contribution in [1.82, 2.24) is 14.8 Å². The number of piperidine rings is 2. The smallest absolute Gasteiger partial charge is 0.227 e. The third-order valence-electron chi connectivity index (χ3n) is 6.74. The molecule has 0 spiro atoms.